The highest BCUT2D eigenvalue weighted by Crippen LogP contribution is 2.35. The Morgan fingerprint density at radius 3 is 2.41 bits per heavy atom. The van der Waals surface area contributed by atoms with E-state index < -0.39 is 0 Å². The number of carbonyl (C=O) groups is 1. The van der Waals surface area contributed by atoms with Crippen LogP contribution in [0.1, 0.15) is 22.3 Å². The van der Waals surface area contributed by atoms with Crippen LogP contribution in [0.25, 0.3) is 0 Å². The number of allylic oxidation sites excluding steroid dienone is 1. The fourth-order valence-electron chi connectivity index (χ4n) is 2.02. The Morgan fingerprint density at radius 2 is 1.82 bits per heavy atom. The second-order valence-electron chi connectivity index (χ2n) is 3.85. The van der Waals surface area contributed by atoms with E-state index in [-0.39, 0.29) is 5.78 Å². The molecule has 0 saturated heterocycles. The first-order chi connectivity index (χ1) is 8.21. The lowest BCUT2D eigenvalue weighted by Crippen LogP contribution is -2.14. The zero-order valence-electron chi connectivity index (χ0n) is 9.82. The summed E-state index contributed by atoms with van der Waals surface area (Å²) >= 11 is 0. The summed E-state index contributed by atoms with van der Waals surface area (Å²) in [6, 6.07) is 3.49. The van der Waals surface area contributed by atoms with Crippen molar-refractivity contribution in [2.24, 2.45) is 0 Å². The third-order valence-electron chi connectivity index (χ3n) is 2.97. The first-order valence-corrected chi connectivity index (χ1v) is 5.34. The average molecular weight is 234 g/mol. The van der Waals surface area contributed by atoms with Gasteiger partial charge < -0.3 is 14.6 Å². The number of hydrogen-bond acceptors (Lipinski definition) is 4. The van der Waals surface area contributed by atoms with Gasteiger partial charge in [0, 0.05) is 11.1 Å². The number of aliphatic hydroxyl groups is 1. The number of aryl methyl sites for hydroxylation is 1. The first kappa shape index (κ1) is 11.5. The number of fused-ring (bicyclic) bond motifs is 1. The number of methoxy groups -OCH3 is 2. The predicted molar refractivity (Wildman–Crippen MR) is 62.9 cm³/mol. The fourth-order valence-corrected chi connectivity index (χ4v) is 2.02. The van der Waals surface area contributed by atoms with Gasteiger partial charge in [0.15, 0.2) is 17.3 Å². The van der Waals surface area contributed by atoms with Crippen molar-refractivity contribution in [3.05, 3.63) is 35.1 Å². The maximum absolute atomic E-state index is 12.0. The number of ketones is 1. The molecule has 0 amide bonds. The molecule has 0 spiro atoms. The van der Waals surface area contributed by atoms with Gasteiger partial charge in [0.2, 0.25) is 0 Å². The minimum Gasteiger partial charge on any atom is -0.515 e. The third kappa shape index (κ3) is 1.86. The van der Waals surface area contributed by atoms with Crippen LogP contribution in [0.15, 0.2) is 24.0 Å². The van der Waals surface area contributed by atoms with Crippen LogP contribution >= 0.6 is 0 Å². The molecular weight excluding hydrogens is 220 g/mol. The summed E-state index contributed by atoms with van der Waals surface area (Å²) in [4.78, 5) is 12.0. The molecular formula is C13H14O4. The molecule has 1 N–H and O–H groups in total. The number of ether oxygens (including phenoxy) is 2. The summed E-state index contributed by atoms with van der Waals surface area (Å²) in [7, 11) is 3.09. The molecule has 1 aromatic carbocycles. The maximum atomic E-state index is 12.0. The molecule has 0 unspecified atom stereocenters. The Labute approximate surface area is 99.5 Å². The Bertz CT molecular complexity index is 488. The van der Waals surface area contributed by atoms with Gasteiger partial charge in [0.05, 0.1) is 20.5 Å². The Kier molecular flexibility index (Phi) is 3.04. The van der Waals surface area contributed by atoms with Crippen molar-refractivity contribution in [2.45, 2.75) is 12.8 Å². The molecule has 4 nitrogen and oxygen atoms in total. The van der Waals surface area contributed by atoms with Crippen LogP contribution in [-0.2, 0) is 6.42 Å². The van der Waals surface area contributed by atoms with Crippen LogP contribution in [-0.4, -0.2) is 25.1 Å². The summed E-state index contributed by atoms with van der Waals surface area (Å²) in [6.07, 6.45) is 2.16. The van der Waals surface area contributed by atoms with Crippen molar-refractivity contribution in [3.8, 4) is 11.5 Å². The van der Waals surface area contributed by atoms with E-state index >= 15 is 0 Å². The molecule has 0 saturated carbocycles. The van der Waals surface area contributed by atoms with Gasteiger partial charge in [-0.25, -0.2) is 0 Å². The number of benzene rings is 1. The molecule has 0 radical (unpaired) electrons. The van der Waals surface area contributed by atoms with Crippen molar-refractivity contribution in [1.29, 1.82) is 0 Å². The monoisotopic (exact) mass is 234 g/mol. The second-order valence-corrected chi connectivity index (χ2v) is 3.85. The predicted octanol–water partition coefficient (Wildman–Crippen LogP) is 2.27. The minimum absolute atomic E-state index is 0.144. The molecule has 2 rings (SSSR count). The lowest BCUT2D eigenvalue weighted by molar-refractivity contribution is 0.102. The number of rotatable bonds is 2. The van der Waals surface area contributed by atoms with Gasteiger partial charge in [-0.1, -0.05) is 0 Å². The summed E-state index contributed by atoms with van der Waals surface area (Å²) < 4.78 is 10.4. The molecule has 1 aromatic rings. The van der Waals surface area contributed by atoms with Crippen molar-refractivity contribution in [3.63, 3.8) is 0 Å². The van der Waals surface area contributed by atoms with E-state index in [2.05, 4.69) is 0 Å². The van der Waals surface area contributed by atoms with Crippen molar-refractivity contribution in [2.75, 3.05) is 14.2 Å². The Hall–Kier alpha value is -1.97. The molecule has 1 aliphatic carbocycles. The SMILES string of the molecule is COc1cc2c(cc1OC)C(=O)/C(=C/O)CC2. The van der Waals surface area contributed by atoms with Crippen LogP contribution in [0.2, 0.25) is 0 Å². The quantitative estimate of drug-likeness (QED) is 0.630. The minimum atomic E-state index is -0.144. The highest BCUT2D eigenvalue weighted by molar-refractivity contribution is 6.10. The number of hydrogen-bond donors (Lipinski definition) is 1. The van der Waals surface area contributed by atoms with E-state index in [1.807, 2.05) is 6.07 Å². The highest BCUT2D eigenvalue weighted by Gasteiger charge is 2.24. The van der Waals surface area contributed by atoms with Gasteiger partial charge in [-0.2, -0.15) is 0 Å². The molecule has 0 heterocycles. The molecule has 0 atom stereocenters. The van der Waals surface area contributed by atoms with Crippen molar-refractivity contribution < 1.29 is 19.4 Å². The van der Waals surface area contributed by atoms with Gasteiger partial charge in [-0.3, -0.25) is 4.79 Å². The molecule has 4 heteroatoms. The van der Waals surface area contributed by atoms with E-state index in [1.165, 1.54) is 7.11 Å². The average Bonchev–Trinajstić information content (AvgIpc) is 2.38. The molecule has 0 aromatic heterocycles. The first-order valence-electron chi connectivity index (χ1n) is 5.34. The topological polar surface area (TPSA) is 55.8 Å². The number of carbonyl (C=O) groups excluding carboxylic acids is 1. The van der Waals surface area contributed by atoms with Crippen LogP contribution in [0, 0.1) is 0 Å². The van der Waals surface area contributed by atoms with Gasteiger partial charge in [-0.05, 0) is 30.5 Å². The zero-order valence-corrected chi connectivity index (χ0v) is 9.82. The normalized spacial score (nSPS) is 16.8. The third-order valence-corrected chi connectivity index (χ3v) is 2.97. The standard InChI is InChI=1S/C13H14O4/c1-16-11-5-8-3-4-9(7-14)13(15)10(8)6-12(11)17-2/h5-7,14H,3-4H2,1-2H3/b9-7+. The summed E-state index contributed by atoms with van der Waals surface area (Å²) in [6.45, 7) is 0. The van der Waals surface area contributed by atoms with Gasteiger partial charge in [-0.15, -0.1) is 0 Å². The van der Waals surface area contributed by atoms with Gasteiger partial charge >= 0.3 is 0 Å². The maximum Gasteiger partial charge on any atom is 0.192 e. The Morgan fingerprint density at radius 1 is 1.18 bits per heavy atom. The van der Waals surface area contributed by atoms with E-state index in [1.54, 1.807) is 13.2 Å². The van der Waals surface area contributed by atoms with Gasteiger partial charge in [0.25, 0.3) is 0 Å². The second kappa shape index (κ2) is 4.49. The van der Waals surface area contributed by atoms with Crippen LogP contribution in [0.4, 0.5) is 0 Å². The van der Waals surface area contributed by atoms with Crippen LogP contribution in [0.3, 0.4) is 0 Å². The lowest BCUT2D eigenvalue weighted by Gasteiger charge is -2.19. The smallest absolute Gasteiger partial charge is 0.192 e. The largest absolute Gasteiger partial charge is 0.515 e. The van der Waals surface area contributed by atoms with Crippen LogP contribution in [0.5, 0.6) is 11.5 Å². The number of Topliss-reactive ketones (excluding diaryl/α,β-unsaturated/α-hetero) is 1. The van der Waals surface area contributed by atoms with E-state index in [4.69, 9.17) is 14.6 Å². The Balaban J connectivity index is 2.54. The van der Waals surface area contributed by atoms with E-state index in [0.29, 0.717) is 35.5 Å². The summed E-state index contributed by atoms with van der Waals surface area (Å²) in [5, 5.41) is 8.98. The summed E-state index contributed by atoms with van der Waals surface area (Å²) in [5.41, 5.74) is 1.94. The fraction of sp³-hybridized carbons (Fsp3) is 0.308. The lowest BCUT2D eigenvalue weighted by atomic mass is 9.87. The number of aliphatic hydroxyl groups excluding tert-OH is 1. The molecule has 0 aliphatic heterocycles. The van der Waals surface area contributed by atoms with Gasteiger partial charge in [0.1, 0.15) is 0 Å². The van der Waals surface area contributed by atoms with Crippen LogP contribution < -0.4 is 9.47 Å². The van der Waals surface area contributed by atoms with Crippen molar-refractivity contribution in [1.82, 2.24) is 0 Å². The zero-order chi connectivity index (χ0) is 12.4. The van der Waals surface area contributed by atoms with Crippen molar-refractivity contribution >= 4 is 5.78 Å². The molecule has 1 aliphatic rings. The molecule has 0 fully saturated rings. The van der Waals surface area contributed by atoms with E-state index in [9.17, 15) is 4.79 Å². The molecule has 90 valence electrons. The van der Waals surface area contributed by atoms with E-state index in [0.717, 1.165) is 11.8 Å². The highest BCUT2D eigenvalue weighted by atomic mass is 16.5. The molecule has 0 bridgehead atoms. The molecule has 17 heavy (non-hydrogen) atoms. The summed E-state index contributed by atoms with van der Waals surface area (Å²) in [5.74, 6) is 1.00.